The number of alkyl halides is 1. The first-order valence-electron chi connectivity index (χ1n) is 6.89. The molecule has 1 heterocycles. The number of nitrogens with one attached hydrogen (secondary N) is 1. The van der Waals surface area contributed by atoms with Crippen LogP contribution in [-0.4, -0.2) is 23.0 Å². The molecule has 0 radical (unpaired) electrons. The Bertz CT molecular complexity index is 399. The molecule has 0 spiro atoms. The lowest BCUT2D eigenvalue weighted by Gasteiger charge is -2.09. The average molecular weight is 342 g/mol. The number of unbranched alkanes of at least 4 members (excludes halogenated alkanes) is 3. The van der Waals surface area contributed by atoms with Crippen LogP contribution >= 0.6 is 27.7 Å². The van der Waals surface area contributed by atoms with Crippen LogP contribution in [0.4, 0.5) is 0 Å². The second-order valence-electron chi connectivity index (χ2n) is 4.81. The maximum Gasteiger partial charge on any atom is 0.233 e. The molecule has 1 N–H and O–H groups in total. The van der Waals surface area contributed by atoms with Gasteiger partial charge in [0.2, 0.25) is 5.91 Å². The van der Waals surface area contributed by atoms with Gasteiger partial charge >= 0.3 is 0 Å². The predicted molar refractivity (Wildman–Crippen MR) is 85.1 cm³/mol. The molecule has 0 bridgehead atoms. The molecule has 1 aromatic carbocycles. The van der Waals surface area contributed by atoms with Gasteiger partial charge in [0.25, 0.3) is 0 Å². The fourth-order valence-corrected chi connectivity index (χ4v) is 3.84. The van der Waals surface area contributed by atoms with Crippen molar-refractivity contribution in [1.29, 1.82) is 0 Å². The highest BCUT2D eigenvalue weighted by molar-refractivity contribution is 9.09. The van der Waals surface area contributed by atoms with Crippen molar-refractivity contribution >= 4 is 33.6 Å². The molecule has 2 nitrogen and oxygen atoms in total. The maximum atomic E-state index is 12.1. The van der Waals surface area contributed by atoms with Gasteiger partial charge < -0.3 is 5.32 Å². The molecular formula is C15H20BrNOS. The van der Waals surface area contributed by atoms with Gasteiger partial charge in [0, 0.05) is 16.8 Å². The van der Waals surface area contributed by atoms with Crippen molar-refractivity contribution in [2.45, 2.75) is 42.2 Å². The lowest BCUT2D eigenvalue weighted by Crippen LogP contribution is -2.33. The lowest BCUT2D eigenvalue weighted by molar-refractivity contribution is -0.120. The van der Waals surface area contributed by atoms with E-state index in [1.165, 1.54) is 29.7 Å². The Morgan fingerprint density at radius 3 is 2.84 bits per heavy atom. The van der Waals surface area contributed by atoms with Gasteiger partial charge in [-0.2, -0.15) is 0 Å². The van der Waals surface area contributed by atoms with Crippen molar-refractivity contribution in [1.82, 2.24) is 5.32 Å². The number of thioether (sulfide) groups is 1. The molecule has 0 saturated carbocycles. The van der Waals surface area contributed by atoms with Crippen molar-refractivity contribution in [3.05, 3.63) is 29.8 Å². The van der Waals surface area contributed by atoms with Gasteiger partial charge in [-0.25, -0.2) is 0 Å². The van der Waals surface area contributed by atoms with Gasteiger partial charge in [0.15, 0.2) is 0 Å². The molecule has 1 atom stereocenters. The van der Waals surface area contributed by atoms with Crippen molar-refractivity contribution in [3.63, 3.8) is 0 Å². The van der Waals surface area contributed by atoms with Gasteiger partial charge in [-0.05, 0) is 30.9 Å². The summed E-state index contributed by atoms with van der Waals surface area (Å²) in [5.41, 5.74) is 1.31. The minimum absolute atomic E-state index is 0.0694. The SMILES string of the molecule is O=C(NCCCCCCBr)C1Cc2ccccc2S1. The van der Waals surface area contributed by atoms with Crippen LogP contribution in [0.3, 0.4) is 0 Å². The second kappa shape index (κ2) is 7.95. The number of hydrogen-bond acceptors (Lipinski definition) is 2. The molecule has 2 rings (SSSR count). The molecule has 1 unspecified atom stereocenters. The third-order valence-corrected chi connectivity index (χ3v) is 5.18. The van der Waals surface area contributed by atoms with Crippen LogP contribution < -0.4 is 5.32 Å². The van der Waals surface area contributed by atoms with Crippen LogP contribution in [0.5, 0.6) is 0 Å². The Labute approximate surface area is 127 Å². The van der Waals surface area contributed by atoms with E-state index >= 15 is 0 Å². The first-order chi connectivity index (χ1) is 9.31. The Hall–Kier alpha value is -0.480. The number of carbonyl (C=O) groups is 1. The summed E-state index contributed by atoms with van der Waals surface area (Å²) >= 11 is 5.13. The summed E-state index contributed by atoms with van der Waals surface area (Å²) in [4.78, 5) is 13.3. The number of benzene rings is 1. The zero-order chi connectivity index (χ0) is 13.5. The van der Waals surface area contributed by atoms with E-state index < -0.39 is 0 Å². The molecule has 0 fully saturated rings. The quantitative estimate of drug-likeness (QED) is 0.604. The summed E-state index contributed by atoms with van der Waals surface area (Å²) in [7, 11) is 0. The number of rotatable bonds is 7. The Morgan fingerprint density at radius 2 is 2.05 bits per heavy atom. The van der Waals surface area contributed by atoms with Crippen molar-refractivity contribution < 1.29 is 4.79 Å². The minimum Gasteiger partial charge on any atom is -0.355 e. The monoisotopic (exact) mass is 341 g/mol. The predicted octanol–water partition coefficient (Wildman–Crippen LogP) is 3.77. The molecule has 4 heteroatoms. The summed E-state index contributed by atoms with van der Waals surface area (Å²) in [5.74, 6) is 0.196. The highest BCUT2D eigenvalue weighted by atomic mass is 79.9. The Morgan fingerprint density at radius 1 is 1.26 bits per heavy atom. The van der Waals surface area contributed by atoms with Crippen molar-refractivity contribution in [2.75, 3.05) is 11.9 Å². The smallest absolute Gasteiger partial charge is 0.233 e. The first-order valence-corrected chi connectivity index (χ1v) is 8.89. The molecule has 19 heavy (non-hydrogen) atoms. The Kier molecular flexibility index (Phi) is 6.24. The largest absolute Gasteiger partial charge is 0.355 e. The van der Waals surface area contributed by atoms with Gasteiger partial charge in [-0.15, -0.1) is 11.8 Å². The van der Waals surface area contributed by atoms with Crippen molar-refractivity contribution in [3.8, 4) is 0 Å². The van der Waals surface area contributed by atoms with Crippen LogP contribution in [0, 0.1) is 0 Å². The first kappa shape index (κ1) is 14.9. The number of amides is 1. The summed E-state index contributed by atoms with van der Waals surface area (Å²) in [6.07, 6.45) is 5.62. The van der Waals surface area contributed by atoms with Gasteiger partial charge in [0.05, 0.1) is 5.25 Å². The Balaban J connectivity index is 1.66. The van der Waals surface area contributed by atoms with Gasteiger partial charge in [-0.3, -0.25) is 4.79 Å². The standard InChI is InChI=1S/C15H20BrNOS/c16-9-5-1-2-6-10-17-15(18)14-11-12-7-3-4-8-13(12)19-14/h3-4,7-8,14H,1-2,5-6,9-11H2,(H,17,18). The van der Waals surface area contributed by atoms with Crippen LogP contribution in [0.15, 0.2) is 29.2 Å². The van der Waals surface area contributed by atoms with E-state index in [0.29, 0.717) is 0 Å². The van der Waals surface area contributed by atoms with Crippen LogP contribution in [-0.2, 0) is 11.2 Å². The molecule has 1 aliphatic heterocycles. The van der Waals surface area contributed by atoms with E-state index in [-0.39, 0.29) is 11.2 Å². The lowest BCUT2D eigenvalue weighted by atomic mass is 10.1. The van der Waals surface area contributed by atoms with E-state index in [4.69, 9.17) is 0 Å². The van der Waals surface area contributed by atoms with E-state index in [2.05, 4.69) is 33.4 Å². The fourth-order valence-electron chi connectivity index (χ4n) is 2.23. The number of halogens is 1. The van der Waals surface area contributed by atoms with Crippen LogP contribution in [0.25, 0.3) is 0 Å². The molecular weight excluding hydrogens is 322 g/mol. The molecule has 0 aliphatic carbocycles. The molecule has 104 valence electrons. The summed E-state index contributed by atoms with van der Waals surface area (Å²) in [5, 5.41) is 4.21. The molecule has 1 aliphatic rings. The van der Waals surface area contributed by atoms with E-state index in [1.807, 2.05) is 12.1 Å². The number of fused-ring (bicyclic) bond motifs is 1. The molecule has 0 saturated heterocycles. The zero-order valence-electron chi connectivity index (χ0n) is 11.0. The van der Waals surface area contributed by atoms with Gasteiger partial charge in [0.1, 0.15) is 0 Å². The average Bonchev–Trinajstić information content (AvgIpc) is 2.86. The highest BCUT2D eigenvalue weighted by Crippen LogP contribution is 2.36. The normalized spacial score (nSPS) is 17.2. The number of hydrogen-bond donors (Lipinski definition) is 1. The maximum absolute atomic E-state index is 12.1. The zero-order valence-corrected chi connectivity index (χ0v) is 13.4. The molecule has 1 amide bonds. The highest BCUT2D eigenvalue weighted by Gasteiger charge is 2.27. The molecule has 0 aromatic heterocycles. The summed E-state index contributed by atoms with van der Waals surface area (Å²) in [6.45, 7) is 0.814. The fraction of sp³-hybridized carbons (Fsp3) is 0.533. The summed E-state index contributed by atoms with van der Waals surface area (Å²) in [6, 6.07) is 8.31. The molecule has 1 aromatic rings. The van der Waals surface area contributed by atoms with Gasteiger partial charge in [-0.1, -0.05) is 47.0 Å². The van der Waals surface area contributed by atoms with Crippen LogP contribution in [0.2, 0.25) is 0 Å². The van der Waals surface area contributed by atoms with E-state index in [1.54, 1.807) is 11.8 Å². The van der Waals surface area contributed by atoms with Crippen molar-refractivity contribution in [2.24, 2.45) is 0 Å². The summed E-state index contributed by atoms with van der Waals surface area (Å²) < 4.78 is 0. The third kappa shape index (κ3) is 4.53. The third-order valence-electron chi connectivity index (χ3n) is 3.30. The second-order valence-corrected chi connectivity index (χ2v) is 6.85. The topological polar surface area (TPSA) is 29.1 Å². The minimum atomic E-state index is 0.0694. The van der Waals surface area contributed by atoms with E-state index in [9.17, 15) is 4.79 Å². The van der Waals surface area contributed by atoms with Crippen LogP contribution in [0.1, 0.15) is 31.2 Å². The van der Waals surface area contributed by atoms with E-state index in [0.717, 1.165) is 24.7 Å². The number of carbonyl (C=O) groups excluding carboxylic acids is 1.